The second-order valence-electron chi connectivity index (χ2n) is 5.79. The Balaban J connectivity index is 2.01. The second kappa shape index (κ2) is 5.21. The van der Waals surface area contributed by atoms with Crippen molar-refractivity contribution in [2.24, 2.45) is 0 Å². The lowest BCUT2D eigenvalue weighted by molar-refractivity contribution is 0.0557. The molecule has 1 aromatic carbocycles. The van der Waals surface area contributed by atoms with Gasteiger partial charge in [-0.1, -0.05) is 0 Å². The predicted octanol–water partition coefficient (Wildman–Crippen LogP) is 1.79. The molecule has 104 valence electrons. The molecule has 1 fully saturated rings. The number of nitrogens with two attached hydrogens (primary N) is 1. The minimum Gasteiger partial charge on any atom is -0.399 e. The second-order valence-corrected chi connectivity index (χ2v) is 5.79. The minimum atomic E-state index is -0.0384. The van der Waals surface area contributed by atoms with Gasteiger partial charge in [0.05, 0.1) is 0 Å². The van der Waals surface area contributed by atoms with Crippen LogP contribution < -0.4 is 11.1 Å². The molecule has 0 heterocycles. The Labute approximate surface area is 115 Å². The zero-order chi connectivity index (χ0) is 14.0. The molecule has 0 bridgehead atoms. The number of rotatable bonds is 4. The number of nitrogens with one attached hydrogen (secondary N) is 1. The number of anilines is 1. The van der Waals surface area contributed by atoms with E-state index in [1.165, 1.54) is 6.42 Å². The molecule has 1 aliphatic rings. The molecule has 4 nitrogen and oxygen atoms in total. The summed E-state index contributed by atoms with van der Waals surface area (Å²) < 4.78 is 0. The molecule has 1 aliphatic carbocycles. The highest BCUT2D eigenvalue weighted by Crippen LogP contribution is 2.35. The topological polar surface area (TPSA) is 58.4 Å². The van der Waals surface area contributed by atoms with Gasteiger partial charge in [-0.25, -0.2) is 0 Å². The number of nitrogens with zero attached hydrogens (tertiary/aromatic N) is 1. The van der Waals surface area contributed by atoms with Gasteiger partial charge < -0.3 is 16.0 Å². The van der Waals surface area contributed by atoms with Crippen molar-refractivity contribution in [1.29, 1.82) is 0 Å². The zero-order valence-electron chi connectivity index (χ0n) is 12.0. The van der Waals surface area contributed by atoms with Gasteiger partial charge >= 0.3 is 0 Å². The predicted molar refractivity (Wildman–Crippen MR) is 78.2 cm³/mol. The highest BCUT2D eigenvalue weighted by molar-refractivity contribution is 5.95. The summed E-state index contributed by atoms with van der Waals surface area (Å²) in [5.41, 5.74) is 8.21. The Morgan fingerprint density at radius 2 is 2.05 bits per heavy atom. The molecular weight excluding hydrogens is 238 g/mol. The van der Waals surface area contributed by atoms with E-state index in [1.807, 2.05) is 19.1 Å². The van der Waals surface area contributed by atoms with E-state index in [2.05, 4.69) is 24.3 Å². The van der Waals surface area contributed by atoms with Crippen LogP contribution in [0.3, 0.4) is 0 Å². The highest BCUT2D eigenvalue weighted by Gasteiger charge is 2.39. The van der Waals surface area contributed by atoms with Gasteiger partial charge in [0.1, 0.15) is 0 Å². The number of benzene rings is 1. The lowest BCUT2D eigenvalue weighted by atomic mass is 9.75. The largest absolute Gasteiger partial charge is 0.399 e. The highest BCUT2D eigenvalue weighted by atomic mass is 16.1. The van der Waals surface area contributed by atoms with E-state index in [4.69, 9.17) is 5.73 Å². The number of carbonyl (C=O) groups is 1. The molecule has 1 aromatic rings. The monoisotopic (exact) mass is 261 g/mol. The molecule has 0 aliphatic heterocycles. The van der Waals surface area contributed by atoms with Crippen molar-refractivity contribution in [3.8, 4) is 0 Å². The Bertz CT molecular complexity index is 458. The normalized spacial score (nSPS) is 17.1. The van der Waals surface area contributed by atoms with Gasteiger partial charge in [0, 0.05) is 23.3 Å². The fourth-order valence-corrected chi connectivity index (χ4v) is 2.66. The maximum absolute atomic E-state index is 12.2. The summed E-state index contributed by atoms with van der Waals surface area (Å²) in [5.74, 6) is -0.0384. The summed E-state index contributed by atoms with van der Waals surface area (Å²) in [6.45, 7) is 2.65. The summed E-state index contributed by atoms with van der Waals surface area (Å²) in [7, 11) is 4.16. The van der Waals surface area contributed by atoms with Crippen molar-refractivity contribution < 1.29 is 4.79 Å². The first-order chi connectivity index (χ1) is 8.93. The molecular formula is C15H23N3O. The molecule has 0 saturated heterocycles. The fraction of sp³-hybridized carbons (Fsp3) is 0.533. The first-order valence-corrected chi connectivity index (χ1v) is 6.76. The molecule has 0 radical (unpaired) electrons. The van der Waals surface area contributed by atoms with E-state index >= 15 is 0 Å². The van der Waals surface area contributed by atoms with Crippen molar-refractivity contribution in [1.82, 2.24) is 10.2 Å². The number of likely N-dealkylation sites (N-methyl/N-ethyl adjacent to an activating group) is 1. The number of aryl methyl sites for hydroxylation is 1. The van der Waals surface area contributed by atoms with Gasteiger partial charge in [-0.05, 0) is 64.0 Å². The van der Waals surface area contributed by atoms with Crippen molar-refractivity contribution in [3.05, 3.63) is 29.3 Å². The van der Waals surface area contributed by atoms with E-state index in [0.717, 1.165) is 18.4 Å². The van der Waals surface area contributed by atoms with Crippen molar-refractivity contribution in [2.75, 3.05) is 26.4 Å². The van der Waals surface area contributed by atoms with E-state index in [1.54, 1.807) is 6.07 Å². The van der Waals surface area contributed by atoms with Gasteiger partial charge in [0.2, 0.25) is 0 Å². The zero-order valence-corrected chi connectivity index (χ0v) is 12.0. The van der Waals surface area contributed by atoms with Crippen LogP contribution in [0.2, 0.25) is 0 Å². The lowest BCUT2D eigenvalue weighted by Crippen LogP contribution is -2.57. The van der Waals surface area contributed by atoms with Gasteiger partial charge in [0.25, 0.3) is 5.91 Å². The summed E-state index contributed by atoms with van der Waals surface area (Å²) in [6.07, 6.45) is 3.54. The van der Waals surface area contributed by atoms with Crippen LogP contribution in [0.5, 0.6) is 0 Å². The van der Waals surface area contributed by atoms with Crippen molar-refractivity contribution in [2.45, 2.75) is 31.7 Å². The van der Waals surface area contributed by atoms with Crippen molar-refractivity contribution in [3.63, 3.8) is 0 Å². The van der Waals surface area contributed by atoms with Crippen LogP contribution >= 0.6 is 0 Å². The van der Waals surface area contributed by atoms with Crippen LogP contribution in [0.4, 0.5) is 5.69 Å². The Morgan fingerprint density at radius 3 is 2.53 bits per heavy atom. The average molecular weight is 261 g/mol. The lowest BCUT2D eigenvalue weighted by Gasteiger charge is -2.47. The molecule has 3 N–H and O–H groups in total. The van der Waals surface area contributed by atoms with Crippen molar-refractivity contribution >= 4 is 11.6 Å². The van der Waals surface area contributed by atoms with E-state index in [0.29, 0.717) is 17.8 Å². The van der Waals surface area contributed by atoms with Crippen LogP contribution in [0.15, 0.2) is 18.2 Å². The smallest absolute Gasteiger partial charge is 0.251 e. The maximum atomic E-state index is 12.2. The van der Waals surface area contributed by atoms with Gasteiger partial charge in [-0.2, -0.15) is 0 Å². The Morgan fingerprint density at radius 1 is 1.37 bits per heavy atom. The fourth-order valence-electron chi connectivity index (χ4n) is 2.66. The summed E-state index contributed by atoms with van der Waals surface area (Å²) in [4.78, 5) is 14.4. The number of nitrogen functional groups attached to an aromatic ring is 1. The van der Waals surface area contributed by atoms with E-state index < -0.39 is 0 Å². The van der Waals surface area contributed by atoms with Crippen LogP contribution in [-0.4, -0.2) is 37.0 Å². The quantitative estimate of drug-likeness (QED) is 0.812. The molecule has 1 amide bonds. The first-order valence-electron chi connectivity index (χ1n) is 6.76. The average Bonchev–Trinajstić information content (AvgIpc) is 2.25. The molecule has 0 spiro atoms. The molecule has 2 rings (SSSR count). The number of amides is 1. The Hall–Kier alpha value is -1.55. The molecule has 19 heavy (non-hydrogen) atoms. The summed E-state index contributed by atoms with van der Waals surface area (Å²) in [5, 5.41) is 3.04. The minimum absolute atomic E-state index is 0.0384. The van der Waals surface area contributed by atoms with Crippen LogP contribution in [-0.2, 0) is 0 Å². The van der Waals surface area contributed by atoms with Crippen LogP contribution in [0.25, 0.3) is 0 Å². The first kappa shape index (κ1) is 13.9. The third-order valence-electron chi connectivity index (χ3n) is 4.17. The molecule has 0 atom stereocenters. The number of hydrogen-bond donors (Lipinski definition) is 2. The SMILES string of the molecule is Cc1cc(N)cc(C(=O)NCC2(N(C)C)CCC2)c1. The standard InChI is InChI=1S/C15H23N3O/c1-11-7-12(9-13(16)8-11)14(19)17-10-15(18(2)3)5-4-6-15/h7-9H,4-6,10,16H2,1-3H3,(H,17,19). The summed E-state index contributed by atoms with van der Waals surface area (Å²) >= 11 is 0. The summed E-state index contributed by atoms with van der Waals surface area (Å²) in [6, 6.07) is 5.46. The molecule has 0 unspecified atom stereocenters. The molecule has 4 heteroatoms. The Kier molecular flexibility index (Phi) is 3.80. The van der Waals surface area contributed by atoms with E-state index in [-0.39, 0.29) is 11.4 Å². The maximum Gasteiger partial charge on any atom is 0.251 e. The van der Waals surface area contributed by atoms with Gasteiger partial charge in [-0.15, -0.1) is 0 Å². The van der Waals surface area contributed by atoms with E-state index in [9.17, 15) is 4.79 Å². The van der Waals surface area contributed by atoms with Crippen LogP contribution in [0.1, 0.15) is 35.2 Å². The van der Waals surface area contributed by atoms with Gasteiger partial charge in [0.15, 0.2) is 0 Å². The molecule has 1 saturated carbocycles. The third kappa shape index (κ3) is 2.89. The number of carbonyl (C=O) groups excluding carboxylic acids is 1. The third-order valence-corrected chi connectivity index (χ3v) is 4.17. The molecule has 0 aromatic heterocycles. The van der Waals surface area contributed by atoms with Crippen LogP contribution in [0, 0.1) is 6.92 Å². The number of hydrogen-bond acceptors (Lipinski definition) is 3. The van der Waals surface area contributed by atoms with Gasteiger partial charge in [-0.3, -0.25) is 4.79 Å².